The molecule has 0 aromatic carbocycles. The molecular weight excluding hydrogens is 202 g/mol. The third-order valence-electron chi connectivity index (χ3n) is 3.31. The Morgan fingerprint density at radius 3 is 2.62 bits per heavy atom. The van der Waals surface area contributed by atoms with Gasteiger partial charge in [0.15, 0.2) is 0 Å². The van der Waals surface area contributed by atoms with Gasteiger partial charge in [0.2, 0.25) is 0 Å². The van der Waals surface area contributed by atoms with Gasteiger partial charge in [0.1, 0.15) is 17.9 Å². The van der Waals surface area contributed by atoms with Crippen LogP contribution in [0.25, 0.3) is 0 Å². The summed E-state index contributed by atoms with van der Waals surface area (Å²) in [6, 6.07) is 2.09. The lowest BCUT2D eigenvalue weighted by molar-refractivity contribution is -0.119. The summed E-state index contributed by atoms with van der Waals surface area (Å²) in [6.07, 6.45) is 5.48. The van der Waals surface area contributed by atoms with Gasteiger partial charge in [0.05, 0.1) is 0 Å². The van der Waals surface area contributed by atoms with E-state index in [1.54, 1.807) is 6.33 Å². The maximum Gasteiger partial charge on any atom is 0.136 e. The van der Waals surface area contributed by atoms with E-state index < -0.39 is 0 Å². The molecule has 0 spiro atoms. The molecule has 16 heavy (non-hydrogen) atoms. The second-order valence-electron chi connectivity index (χ2n) is 4.60. The zero-order chi connectivity index (χ0) is 11.0. The Bertz CT molecular complexity index is 404. The number of aromatic nitrogens is 2. The van der Waals surface area contributed by atoms with Crippen molar-refractivity contribution in [3.05, 3.63) is 18.1 Å². The lowest BCUT2D eigenvalue weighted by atomic mass is 10.1. The zero-order valence-electron chi connectivity index (χ0n) is 9.22. The van der Waals surface area contributed by atoms with E-state index in [1.165, 1.54) is 18.5 Å². The van der Waals surface area contributed by atoms with E-state index in [-0.39, 0.29) is 0 Å². The van der Waals surface area contributed by atoms with Gasteiger partial charge < -0.3 is 4.90 Å². The summed E-state index contributed by atoms with van der Waals surface area (Å²) in [5.41, 5.74) is 1.17. The fourth-order valence-corrected chi connectivity index (χ4v) is 2.12. The topological polar surface area (TPSA) is 46.1 Å². The van der Waals surface area contributed by atoms with E-state index in [2.05, 4.69) is 20.9 Å². The lowest BCUT2D eigenvalue weighted by Crippen LogP contribution is -2.34. The average molecular weight is 217 g/mol. The number of anilines is 1. The van der Waals surface area contributed by atoms with E-state index in [0.717, 1.165) is 18.9 Å². The number of hydrogen-bond acceptors (Lipinski definition) is 4. The van der Waals surface area contributed by atoms with Crippen LogP contribution in [0.2, 0.25) is 0 Å². The average Bonchev–Trinajstić information content (AvgIpc) is 3.14. The third kappa shape index (κ3) is 1.92. The fourth-order valence-electron chi connectivity index (χ4n) is 2.12. The van der Waals surface area contributed by atoms with Crippen LogP contribution < -0.4 is 4.90 Å². The SMILES string of the molecule is O=C1CCN(c2cc(C3CC3)ncn2)CC1. The Labute approximate surface area is 94.7 Å². The largest absolute Gasteiger partial charge is 0.356 e. The Morgan fingerprint density at radius 2 is 1.94 bits per heavy atom. The van der Waals surface area contributed by atoms with Crippen molar-refractivity contribution in [1.82, 2.24) is 9.97 Å². The quantitative estimate of drug-likeness (QED) is 0.753. The molecule has 1 saturated heterocycles. The summed E-state index contributed by atoms with van der Waals surface area (Å²) in [6.45, 7) is 1.61. The van der Waals surface area contributed by atoms with Crippen LogP contribution in [0.1, 0.15) is 37.3 Å². The molecular formula is C12H15N3O. The first-order valence-corrected chi connectivity index (χ1v) is 5.91. The number of piperidine rings is 1. The lowest BCUT2D eigenvalue weighted by Gasteiger charge is -2.27. The summed E-state index contributed by atoms with van der Waals surface area (Å²) in [5.74, 6) is 2.02. The molecule has 1 saturated carbocycles. The normalized spacial score (nSPS) is 21.2. The molecule has 4 nitrogen and oxygen atoms in total. The van der Waals surface area contributed by atoms with Crippen molar-refractivity contribution in [1.29, 1.82) is 0 Å². The van der Waals surface area contributed by atoms with Gasteiger partial charge in [-0.2, -0.15) is 0 Å². The zero-order valence-corrected chi connectivity index (χ0v) is 9.22. The molecule has 4 heteroatoms. The minimum atomic E-state index is 0.368. The van der Waals surface area contributed by atoms with Crippen LogP contribution in [0.3, 0.4) is 0 Å². The molecule has 0 unspecified atom stereocenters. The van der Waals surface area contributed by atoms with Crippen LogP contribution >= 0.6 is 0 Å². The maximum atomic E-state index is 11.2. The van der Waals surface area contributed by atoms with Gasteiger partial charge in [0.25, 0.3) is 0 Å². The molecule has 0 amide bonds. The standard InChI is InChI=1S/C12H15N3O/c16-10-3-5-15(6-4-10)12-7-11(9-1-2-9)13-8-14-12/h7-9H,1-6H2. The van der Waals surface area contributed by atoms with Gasteiger partial charge in [-0.1, -0.05) is 0 Å². The van der Waals surface area contributed by atoms with Crippen molar-refractivity contribution in [3.63, 3.8) is 0 Å². The number of nitrogens with zero attached hydrogens (tertiary/aromatic N) is 3. The first kappa shape index (κ1) is 9.75. The smallest absolute Gasteiger partial charge is 0.136 e. The van der Waals surface area contributed by atoms with Crippen molar-refractivity contribution < 1.29 is 4.79 Å². The van der Waals surface area contributed by atoms with Crippen molar-refractivity contribution in [2.45, 2.75) is 31.6 Å². The molecule has 1 aromatic rings. The number of carbonyl (C=O) groups is 1. The maximum absolute atomic E-state index is 11.2. The van der Waals surface area contributed by atoms with Crippen LogP contribution in [0.4, 0.5) is 5.82 Å². The van der Waals surface area contributed by atoms with Gasteiger partial charge in [0, 0.05) is 43.6 Å². The summed E-state index contributed by atoms with van der Waals surface area (Å²) < 4.78 is 0. The predicted octanol–water partition coefficient (Wildman–Crippen LogP) is 1.52. The summed E-state index contributed by atoms with van der Waals surface area (Å²) in [4.78, 5) is 22.0. The van der Waals surface area contributed by atoms with Gasteiger partial charge in [-0.3, -0.25) is 4.79 Å². The minimum Gasteiger partial charge on any atom is -0.356 e. The molecule has 0 atom stereocenters. The molecule has 1 aliphatic carbocycles. The molecule has 1 aliphatic heterocycles. The molecule has 0 radical (unpaired) electrons. The Kier molecular flexibility index (Phi) is 2.35. The van der Waals surface area contributed by atoms with Crippen molar-refractivity contribution in [2.75, 3.05) is 18.0 Å². The molecule has 0 N–H and O–H groups in total. The molecule has 2 fully saturated rings. The second-order valence-corrected chi connectivity index (χ2v) is 4.60. The molecule has 3 rings (SSSR count). The Hall–Kier alpha value is -1.45. The van der Waals surface area contributed by atoms with E-state index in [4.69, 9.17) is 0 Å². The highest BCUT2D eigenvalue weighted by Gasteiger charge is 2.26. The van der Waals surface area contributed by atoms with E-state index in [9.17, 15) is 4.79 Å². The Balaban J connectivity index is 1.77. The van der Waals surface area contributed by atoms with Crippen LogP contribution in [0, 0.1) is 0 Å². The van der Waals surface area contributed by atoms with Gasteiger partial charge in [-0.15, -0.1) is 0 Å². The number of Topliss-reactive ketones (excluding diaryl/α,β-unsaturated/α-hetero) is 1. The molecule has 2 aliphatic rings. The highest BCUT2D eigenvalue weighted by atomic mass is 16.1. The molecule has 1 aromatic heterocycles. The van der Waals surface area contributed by atoms with Crippen LogP contribution in [0.15, 0.2) is 12.4 Å². The van der Waals surface area contributed by atoms with Crippen LogP contribution in [0.5, 0.6) is 0 Å². The highest BCUT2D eigenvalue weighted by molar-refractivity contribution is 5.80. The second kappa shape index (κ2) is 3.85. The fraction of sp³-hybridized carbons (Fsp3) is 0.583. The van der Waals surface area contributed by atoms with E-state index in [1.807, 2.05) is 0 Å². The number of carbonyl (C=O) groups excluding carboxylic acids is 1. The number of rotatable bonds is 2. The van der Waals surface area contributed by atoms with Crippen LogP contribution in [-0.4, -0.2) is 28.8 Å². The van der Waals surface area contributed by atoms with Gasteiger partial charge in [-0.05, 0) is 12.8 Å². The molecule has 0 bridgehead atoms. The predicted molar refractivity (Wildman–Crippen MR) is 60.5 cm³/mol. The number of hydrogen-bond donors (Lipinski definition) is 0. The Morgan fingerprint density at radius 1 is 1.19 bits per heavy atom. The van der Waals surface area contributed by atoms with E-state index >= 15 is 0 Å². The molecule has 2 heterocycles. The first-order chi connectivity index (χ1) is 7.83. The van der Waals surface area contributed by atoms with E-state index in [0.29, 0.717) is 24.5 Å². The summed E-state index contributed by atoms with van der Waals surface area (Å²) in [7, 11) is 0. The highest BCUT2D eigenvalue weighted by Crippen LogP contribution is 2.39. The van der Waals surface area contributed by atoms with Crippen molar-refractivity contribution in [3.8, 4) is 0 Å². The van der Waals surface area contributed by atoms with Gasteiger partial charge >= 0.3 is 0 Å². The van der Waals surface area contributed by atoms with Crippen molar-refractivity contribution in [2.24, 2.45) is 0 Å². The minimum absolute atomic E-state index is 0.368. The third-order valence-corrected chi connectivity index (χ3v) is 3.31. The van der Waals surface area contributed by atoms with Crippen LogP contribution in [-0.2, 0) is 4.79 Å². The summed E-state index contributed by atoms with van der Waals surface area (Å²) >= 11 is 0. The summed E-state index contributed by atoms with van der Waals surface area (Å²) in [5, 5.41) is 0. The number of ketones is 1. The van der Waals surface area contributed by atoms with Gasteiger partial charge in [-0.25, -0.2) is 9.97 Å². The monoisotopic (exact) mass is 217 g/mol. The molecule has 84 valence electrons. The first-order valence-electron chi connectivity index (χ1n) is 5.91. The van der Waals surface area contributed by atoms with Crippen molar-refractivity contribution >= 4 is 11.6 Å².